The molecule has 3 unspecified atom stereocenters. The highest BCUT2D eigenvalue weighted by molar-refractivity contribution is 6.13. The minimum absolute atomic E-state index is 0.140. The van der Waals surface area contributed by atoms with E-state index >= 15 is 0 Å². The number of Topliss-reactive ketones (excluding diaryl/α,β-unsaturated/α-hetero) is 1. The van der Waals surface area contributed by atoms with Gasteiger partial charge in [0.05, 0.1) is 38.9 Å². The minimum atomic E-state index is -1.10. The van der Waals surface area contributed by atoms with Crippen molar-refractivity contribution < 1.29 is 33.3 Å². The Balaban J connectivity index is 1.93. The standard InChI is InChI=1S/C30H33NO7/c1-6-37-29(33)24-17(3)31-22-16-21(18-11-10-12-19(15-18)35-4)26(30(34)38-7-2)28(32)27(22)25(24)20-13-8-9-14-23(20)36-5/h8-15,21,25-26,31H,6-7,16H2,1-5H3. The maximum Gasteiger partial charge on any atom is 0.336 e. The third kappa shape index (κ3) is 4.90. The van der Waals surface area contributed by atoms with Crippen molar-refractivity contribution in [3.8, 4) is 11.5 Å². The van der Waals surface area contributed by atoms with Crippen molar-refractivity contribution in [3.63, 3.8) is 0 Å². The van der Waals surface area contributed by atoms with Gasteiger partial charge in [-0.2, -0.15) is 0 Å². The number of ketones is 1. The van der Waals surface area contributed by atoms with E-state index in [9.17, 15) is 14.4 Å². The van der Waals surface area contributed by atoms with Crippen molar-refractivity contribution in [3.05, 3.63) is 82.2 Å². The van der Waals surface area contributed by atoms with Crippen LogP contribution < -0.4 is 14.8 Å². The maximum absolute atomic E-state index is 14.4. The number of para-hydroxylation sites is 1. The zero-order valence-electron chi connectivity index (χ0n) is 22.3. The summed E-state index contributed by atoms with van der Waals surface area (Å²) in [6.45, 7) is 5.55. The van der Waals surface area contributed by atoms with Crippen molar-refractivity contribution in [2.24, 2.45) is 5.92 Å². The Hall–Kier alpha value is -4.07. The van der Waals surface area contributed by atoms with Gasteiger partial charge in [-0.1, -0.05) is 30.3 Å². The van der Waals surface area contributed by atoms with Gasteiger partial charge in [-0.05, 0) is 51.0 Å². The fourth-order valence-electron chi connectivity index (χ4n) is 5.42. The molecule has 38 heavy (non-hydrogen) atoms. The summed E-state index contributed by atoms with van der Waals surface area (Å²) < 4.78 is 21.8. The summed E-state index contributed by atoms with van der Waals surface area (Å²) in [5.74, 6) is -2.74. The van der Waals surface area contributed by atoms with E-state index in [0.717, 1.165) is 5.56 Å². The molecule has 1 aliphatic heterocycles. The number of carbonyl (C=O) groups excluding carboxylic acids is 3. The first-order valence-electron chi connectivity index (χ1n) is 12.7. The number of hydrogen-bond acceptors (Lipinski definition) is 8. The van der Waals surface area contributed by atoms with Gasteiger partial charge in [0.1, 0.15) is 17.4 Å². The van der Waals surface area contributed by atoms with E-state index in [1.165, 1.54) is 0 Å². The second-order valence-corrected chi connectivity index (χ2v) is 9.13. The summed E-state index contributed by atoms with van der Waals surface area (Å²) in [4.78, 5) is 41.0. The molecule has 2 aromatic carbocycles. The number of esters is 2. The predicted octanol–water partition coefficient (Wildman–Crippen LogP) is 4.42. The average Bonchev–Trinajstić information content (AvgIpc) is 2.92. The maximum atomic E-state index is 14.4. The van der Waals surface area contributed by atoms with Gasteiger partial charge in [0, 0.05) is 28.4 Å². The first-order valence-corrected chi connectivity index (χ1v) is 12.7. The van der Waals surface area contributed by atoms with E-state index in [2.05, 4.69) is 5.32 Å². The Bertz CT molecular complexity index is 1310. The molecule has 1 N–H and O–H groups in total. The number of rotatable bonds is 8. The lowest BCUT2D eigenvalue weighted by Gasteiger charge is -2.39. The van der Waals surface area contributed by atoms with E-state index in [1.54, 1.807) is 41.1 Å². The Labute approximate surface area is 222 Å². The highest BCUT2D eigenvalue weighted by Gasteiger charge is 2.49. The van der Waals surface area contributed by atoms with Crippen LogP contribution in [0, 0.1) is 5.92 Å². The quantitative estimate of drug-likeness (QED) is 0.404. The van der Waals surface area contributed by atoms with Crippen LogP contribution in [0.1, 0.15) is 50.2 Å². The van der Waals surface area contributed by atoms with Crippen LogP contribution in [-0.4, -0.2) is 45.2 Å². The topological polar surface area (TPSA) is 100 Å². The Morgan fingerprint density at radius 2 is 1.71 bits per heavy atom. The van der Waals surface area contributed by atoms with Gasteiger partial charge in [-0.15, -0.1) is 0 Å². The minimum Gasteiger partial charge on any atom is -0.497 e. The number of hydrogen-bond donors (Lipinski definition) is 1. The molecule has 0 bridgehead atoms. The molecule has 200 valence electrons. The van der Waals surface area contributed by atoms with E-state index in [-0.39, 0.29) is 13.2 Å². The van der Waals surface area contributed by atoms with Gasteiger partial charge < -0.3 is 24.3 Å². The summed E-state index contributed by atoms with van der Waals surface area (Å²) in [6.07, 6.45) is 0.358. The average molecular weight is 520 g/mol. The molecule has 4 rings (SSSR count). The molecule has 1 heterocycles. The second kappa shape index (κ2) is 11.5. The van der Waals surface area contributed by atoms with Gasteiger partial charge in [0.2, 0.25) is 0 Å². The number of allylic oxidation sites excluding steroid dienone is 3. The fraction of sp³-hybridized carbons (Fsp3) is 0.367. The number of carbonyl (C=O) groups is 3. The lowest BCUT2D eigenvalue weighted by atomic mass is 9.67. The van der Waals surface area contributed by atoms with Gasteiger partial charge in [0.25, 0.3) is 0 Å². The molecule has 0 fully saturated rings. The molecular formula is C30H33NO7. The molecule has 8 heteroatoms. The molecule has 0 aromatic heterocycles. The van der Waals surface area contributed by atoms with Crippen molar-refractivity contribution >= 4 is 17.7 Å². The van der Waals surface area contributed by atoms with Crippen molar-refractivity contribution in [1.82, 2.24) is 5.32 Å². The molecule has 0 radical (unpaired) electrons. The number of nitrogens with one attached hydrogen (secondary N) is 1. The summed E-state index contributed by atoms with van der Waals surface area (Å²) in [5, 5.41) is 3.31. The highest BCUT2D eigenvalue weighted by atomic mass is 16.5. The third-order valence-electron chi connectivity index (χ3n) is 7.03. The number of methoxy groups -OCH3 is 2. The Morgan fingerprint density at radius 1 is 0.974 bits per heavy atom. The first-order chi connectivity index (χ1) is 18.4. The summed E-state index contributed by atoms with van der Waals surface area (Å²) in [5.41, 5.74) is 3.33. The molecule has 8 nitrogen and oxygen atoms in total. The van der Waals surface area contributed by atoms with E-state index in [4.69, 9.17) is 18.9 Å². The molecule has 2 aliphatic rings. The van der Waals surface area contributed by atoms with Crippen molar-refractivity contribution in [1.29, 1.82) is 0 Å². The lowest BCUT2D eigenvalue weighted by Crippen LogP contribution is -2.43. The van der Waals surface area contributed by atoms with Crippen LogP contribution >= 0.6 is 0 Å². The second-order valence-electron chi connectivity index (χ2n) is 9.13. The van der Waals surface area contributed by atoms with Crippen molar-refractivity contribution in [2.45, 2.75) is 39.0 Å². The number of ether oxygens (including phenoxy) is 4. The molecule has 0 spiro atoms. The fourth-order valence-corrected chi connectivity index (χ4v) is 5.42. The third-order valence-corrected chi connectivity index (χ3v) is 7.03. The number of dihydropyridines is 1. The number of benzene rings is 2. The Kier molecular flexibility index (Phi) is 8.20. The smallest absolute Gasteiger partial charge is 0.336 e. The first kappa shape index (κ1) is 27.0. The zero-order valence-corrected chi connectivity index (χ0v) is 22.3. The van der Waals surface area contributed by atoms with Crippen LogP contribution in [0.15, 0.2) is 71.1 Å². The van der Waals surface area contributed by atoms with Gasteiger partial charge >= 0.3 is 11.9 Å². The summed E-state index contributed by atoms with van der Waals surface area (Å²) in [6, 6.07) is 14.6. The molecule has 0 saturated carbocycles. The highest BCUT2D eigenvalue weighted by Crippen LogP contribution is 2.49. The van der Waals surface area contributed by atoms with E-state index < -0.39 is 35.5 Å². The normalized spacial score (nSPS) is 20.9. The summed E-state index contributed by atoms with van der Waals surface area (Å²) in [7, 11) is 3.11. The SMILES string of the molecule is CCOC(=O)C1=C(C)NC2=C(C(=O)C(C(=O)OCC)C(c3cccc(OC)c3)C2)C1c1ccccc1OC. The zero-order chi connectivity index (χ0) is 27.4. The Morgan fingerprint density at radius 3 is 2.39 bits per heavy atom. The van der Waals surface area contributed by atoms with Crippen LogP contribution in [0.2, 0.25) is 0 Å². The molecule has 1 aliphatic carbocycles. The lowest BCUT2D eigenvalue weighted by molar-refractivity contribution is -0.152. The van der Waals surface area contributed by atoms with E-state index in [0.29, 0.717) is 46.0 Å². The van der Waals surface area contributed by atoms with Gasteiger partial charge in [-0.3, -0.25) is 9.59 Å². The predicted molar refractivity (Wildman–Crippen MR) is 141 cm³/mol. The molecule has 3 atom stereocenters. The van der Waals surface area contributed by atoms with Gasteiger partial charge in [0.15, 0.2) is 5.78 Å². The van der Waals surface area contributed by atoms with E-state index in [1.807, 2.05) is 42.5 Å². The largest absolute Gasteiger partial charge is 0.497 e. The molecule has 2 aromatic rings. The monoisotopic (exact) mass is 519 g/mol. The van der Waals surface area contributed by atoms with Crippen molar-refractivity contribution in [2.75, 3.05) is 27.4 Å². The molecule has 0 saturated heterocycles. The van der Waals surface area contributed by atoms with Crippen LogP contribution in [-0.2, 0) is 23.9 Å². The van der Waals surface area contributed by atoms with Crippen LogP contribution in [0.25, 0.3) is 0 Å². The van der Waals surface area contributed by atoms with Gasteiger partial charge in [-0.25, -0.2) is 4.79 Å². The molecule has 0 amide bonds. The van der Waals surface area contributed by atoms with Crippen LogP contribution in [0.5, 0.6) is 11.5 Å². The van der Waals surface area contributed by atoms with Crippen LogP contribution in [0.4, 0.5) is 0 Å². The van der Waals surface area contributed by atoms with Crippen LogP contribution in [0.3, 0.4) is 0 Å². The summed E-state index contributed by atoms with van der Waals surface area (Å²) >= 11 is 0. The molecular weight excluding hydrogens is 486 g/mol.